The van der Waals surface area contributed by atoms with E-state index in [9.17, 15) is 4.79 Å². The van der Waals surface area contributed by atoms with E-state index in [1.807, 2.05) is 51.4 Å². The number of carbonyl (C=O) groups excluding carboxylic acids is 1. The Balaban J connectivity index is 0.00000420. The molecule has 0 radical (unpaired) electrons. The second-order valence-electron chi connectivity index (χ2n) is 7.06. The molecule has 3 N–H and O–H groups in total. The van der Waals surface area contributed by atoms with Crippen molar-refractivity contribution in [1.82, 2.24) is 25.7 Å². The first-order valence-electron chi connectivity index (χ1n) is 9.83. The molecule has 0 aliphatic rings. The number of guanidine groups is 1. The molecule has 160 valence electrons. The summed E-state index contributed by atoms with van der Waals surface area (Å²) >= 11 is 0. The van der Waals surface area contributed by atoms with E-state index in [2.05, 4.69) is 44.2 Å². The lowest BCUT2D eigenvalue weighted by Gasteiger charge is -2.13. The fraction of sp³-hybridized carbons (Fsp3) is 0.476. The van der Waals surface area contributed by atoms with Crippen molar-refractivity contribution < 1.29 is 4.79 Å². The lowest BCUT2D eigenvalue weighted by atomic mass is 10.2. The fourth-order valence-electron chi connectivity index (χ4n) is 2.92. The summed E-state index contributed by atoms with van der Waals surface area (Å²) in [6.07, 6.45) is 0.408. The van der Waals surface area contributed by atoms with E-state index in [4.69, 9.17) is 0 Å². The van der Waals surface area contributed by atoms with E-state index < -0.39 is 0 Å². The highest BCUT2D eigenvalue weighted by atomic mass is 127. The average Bonchev–Trinajstić information content (AvgIpc) is 2.97. The zero-order chi connectivity index (χ0) is 20.5. The third kappa shape index (κ3) is 8.04. The van der Waals surface area contributed by atoms with Gasteiger partial charge in [-0.2, -0.15) is 5.10 Å². The molecule has 0 unspecified atom stereocenters. The summed E-state index contributed by atoms with van der Waals surface area (Å²) in [6.45, 7) is 11.8. The Hall–Kier alpha value is -2.10. The Labute approximate surface area is 190 Å². The summed E-state index contributed by atoms with van der Waals surface area (Å²) in [5.41, 5.74) is 4.20. The molecule has 0 spiro atoms. The van der Waals surface area contributed by atoms with Crippen LogP contribution in [-0.2, 0) is 11.3 Å². The van der Waals surface area contributed by atoms with Crippen LogP contribution in [0.3, 0.4) is 0 Å². The summed E-state index contributed by atoms with van der Waals surface area (Å²) in [5.74, 6) is 0.733. The van der Waals surface area contributed by atoms with Crippen molar-refractivity contribution in [1.29, 1.82) is 0 Å². The molecule has 8 heteroatoms. The van der Waals surface area contributed by atoms with Crippen LogP contribution in [-0.4, -0.2) is 40.8 Å². The number of benzene rings is 1. The molecule has 0 aliphatic carbocycles. The minimum absolute atomic E-state index is 0. The minimum Gasteiger partial charge on any atom is -0.357 e. The second kappa shape index (κ2) is 12.5. The van der Waals surface area contributed by atoms with Crippen LogP contribution in [0, 0.1) is 13.8 Å². The quantitative estimate of drug-likeness (QED) is 0.289. The number of aryl methyl sites for hydroxylation is 2. The van der Waals surface area contributed by atoms with Gasteiger partial charge >= 0.3 is 0 Å². The zero-order valence-corrected chi connectivity index (χ0v) is 20.3. The normalized spacial score (nSPS) is 11.2. The molecule has 0 saturated carbocycles. The van der Waals surface area contributed by atoms with Gasteiger partial charge < -0.3 is 16.0 Å². The van der Waals surface area contributed by atoms with Gasteiger partial charge in [-0.3, -0.25) is 4.79 Å². The Kier molecular flexibility index (Phi) is 10.7. The highest BCUT2D eigenvalue weighted by Gasteiger charge is 2.09. The molecule has 1 heterocycles. The van der Waals surface area contributed by atoms with Crippen LogP contribution in [0.25, 0.3) is 5.69 Å². The van der Waals surface area contributed by atoms with Gasteiger partial charge in [-0.25, -0.2) is 9.67 Å². The number of aromatic nitrogens is 2. The zero-order valence-electron chi connectivity index (χ0n) is 18.0. The van der Waals surface area contributed by atoms with Crippen LogP contribution in [0.5, 0.6) is 0 Å². The van der Waals surface area contributed by atoms with E-state index in [1.54, 1.807) is 0 Å². The maximum absolute atomic E-state index is 11.8. The van der Waals surface area contributed by atoms with E-state index in [0.717, 1.165) is 29.2 Å². The number of aliphatic imine (C=N–C) groups is 1. The molecular formula is C21H33IN6O. The van der Waals surface area contributed by atoms with Gasteiger partial charge in [-0.15, -0.1) is 24.0 Å². The monoisotopic (exact) mass is 512 g/mol. The predicted molar refractivity (Wildman–Crippen MR) is 129 cm³/mol. The van der Waals surface area contributed by atoms with Crippen molar-refractivity contribution >= 4 is 35.8 Å². The molecule has 2 rings (SSSR count). The Morgan fingerprint density at radius 2 is 1.93 bits per heavy atom. The molecule has 0 aliphatic heterocycles. The first-order chi connectivity index (χ1) is 13.4. The third-order valence-electron chi connectivity index (χ3n) is 4.08. The average molecular weight is 512 g/mol. The predicted octanol–water partition coefficient (Wildman–Crippen LogP) is 3.08. The third-order valence-corrected chi connectivity index (χ3v) is 4.08. The van der Waals surface area contributed by atoms with Gasteiger partial charge in [0, 0.05) is 31.2 Å². The van der Waals surface area contributed by atoms with E-state index in [-0.39, 0.29) is 35.9 Å². The van der Waals surface area contributed by atoms with E-state index in [0.29, 0.717) is 25.5 Å². The molecule has 2 aromatic rings. The summed E-state index contributed by atoms with van der Waals surface area (Å²) in [6, 6.07) is 10.4. The van der Waals surface area contributed by atoms with Crippen molar-refractivity contribution in [2.24, 2.45) is 4.99 Å². The van der Waals surface area contributed by atoms with Gasteiger partial charge in [-0.1, -0.05) is 18.2 Å². The first kappa shape index (κ1) is 24.9. The maximum atomic E-state index is 11.8. The lowest BCUT2D eigenvalue weighted by molar-refractivity contribution is -0.121. The van der Waals surface area contributed by atoms with Gasteiger partial charge in [0.2, 0.25) is 5.91 Å². The maximum Gasteiger partial charge on any atom is 0.221 e. The minimum atomic E-state index is 0. The smallest absolute Gasteiger partial charge is 0.221 e. The number of halogens is 1. The van der Waals surface area contributed by atoms with Crippen molar-refractivity contribution in [3.8, 4) is 5.69 Å². The van der Waals surface area contributed by atoms with Crippen molar-refractivity contribution in [2.45, 2.75) is 53.6 Å². The number of amides is 1. The molecule has 29 heavy (non-hydrogen) atoms. The number of para-hydroxylation sites is 1. The van der Waals surface area contributed by atoms with Crippen LogP contribution in [0.2, 0.25) is 0 Å². The Morgan fingerprint density at radius 1 is 1.21 bits per heavy atom. The molecule has 0 atom stereocenters. The van der Waals surface area contributed by atoms with Gasteiger partial charge in [0.1, 0.15) is 0 Å². The van der Waals surface area contributed by atoms with Crippen LogP contribution in [0.1, 0.15) is 44.1 Å². The van der Waals surface area contributed by atoms with Crippen LogP contribution in [0.15, 0.2) is 35.3 Å². The van der Waals surface area contributed by atoms with E-state index >= 15 is 0 Å². The molecule has 0 saturated heterocycles. The van der Waals surface area contributed by atoms with Crippen molar-refractivity contribution in [3.63, 3.8) is 0 Å². The molecule has 1 aromatic heterocycles. The lowest BCUT2D eigenvalue weighted by Crippen LogP contribution is -2.40. The number of carbonyl (C=O) groups is 1. The first-order valence-corrected chi connectivity index (χ1v) is 9.83. The fourth-order valence-corrected chi connectivity index (χ4v) is 2.92. The van der Waals surface area contributed by atoms with Crippen molar-refractivity contribution in [3.05, 3.63) is 47.3 Å². The summed E-state index contributed by atoms with van der Waals surface area (Å²) in [5, 5.41) is 13.9. The molecule has 0 bridgehead atoms. The Morgan fingerprint density at radius 3 is 2.55 bits per heavy atom. The highest BCUT2D eigenvalue weighted by molar-refractivity contribution is 14.0. The standard InChI is InChI=1S/C21H32N6O.HI/c1-6-22-21(23-12-11-20(28)25-15(2)3)24-14-18-9-7-8-10-19(18)27-17(5)13-16(4)26-27;/h7-10,13,15H,6,11-12,14H2,1-5H3,(H,25,28)(H2,22,23,24);1H. The molecule has 0 fully saturated rings. The van der Waals surface area contributed by atoms with E-state index in [1.165, 1.54) is 0 Å². The molecule has 7 nitrogen and oxygen atoms in total. The SMILES string of the molecule is CCNC(=NCc1ccccc1-n1nc(C)cc1C)NCCC(=O)NC(C)C.I. The highest BCUT2D eigenvalue weighted by Crippen LogP contribution is 2.17. The number of nitrogens with one attached hydrogen (secondary N) is 3. The van der Waals surface area contributed by atoms with Crippen LogP contribution in [0.4, 0.5) is 0 Å². The molecule has 1 aromatic carbocycles. The number of nitrogens with zero attached hydrogens (tertiary/aromatic N) is 3. The Bertz CT molecular complexity index is 815. The number of rotatable bonds is 8. The summed E-state index contributed by atoms with van der Waals surface area (Å²) in [4.78, 5) is 16.5. The van der Waals surface area contributed by atoms with Gasteiger partial charge in [0.15, 0.2) is 5.96 Å². The molecule has 1 amide bonds. The summed E-state index contributed by atoms with van der Waals surface area (Å²) in [7, 11) is 0. The number of hydrogen-bond acceptors (Lipinski definition) is 3. The van der Waals surface area contributed by atoms with Crippen LogP contribution >= 0.6 is 24.0 Å². The number of hydrogen-bond donors (Lipinski definition) is 3. The summed E-state index contributed by atoms with van der Waals surface area (Å²) < 4.78 is 1.96. The van der Waals surface area contributed by atoms with Crippen LogP contribution < -0.4 is 16.0 Å². The largest absolute Gasteiger partial charge is 0.357 e. The topological polar surface area (TPSA) is 83.3 Å². The molecular weight excluding hydrogens is 479 g/mol. The van der Waals surface area contributed by atoms with Gasteiger partial charge in [-0.05, 0) is 52.3 Å². The van der Waals surface area contributed by atoms with Crippen molar-refractivity contribution in [2.75, 3.05) is 13.1 Å². The van der Waals surface area contributed by atoms with Gasteiger partial charge in [0.05, 0.1) is 17.9 Å². The van der Waals surface area contributed by atoms with Gasteiger partial charge in [0.25, 0.3) is 0 Å². The second-order valence-corrected chi connectivity index (χ2v) is 7.06.